The van der Waals surface area contributed by atoms with Crippen LogP contribution in [0.15, 0.2) is 14.1 Å². The molecule has 0 atom stereocenters. The summed E-state index contributed by atoms with van der Waals surface area (Å²) in [6, 6.07) is 1.74. The molecular formula is C11H18BrNO2S2. The van der Waals surface area contributed by atoms with Crippen molar-refractivity contribution in [2.24, 2.45) is 0 Å². The maximum atomic E-state index is 12.4. The maximum absolute atomic E-state index is 12.4. The van der Waals surface area contributed by atoms with Crippen LogP contribution in [-0.4, -0.2) is 25.8 Å². The predicted octanol–water partition coefficient (Wildman–Crippen LogP) is 3.63. The molecule has 1 aromatic heterocycles. The standard InChI is InChI=1S/C11H18BrNO2S2/c1-4-6-13(7-5-2)17(14,15)10-8-9(3)11(12)16-10/h8H,4-7H2,1-3H3. The summed E-state index contributed by atoms with van der Waals surface area (Å²) in [4.78, 5) is 0. The number of aryl methyl sites for hydroxylation is 1. The largest absolute Gasteiger partial charge is 0.252 e. The van der Waals surface area contributed by atoms with Crippen molar-refractivity contribution in [3.8, 4) is 0 Å². The van der Waals surface area contributed by atoms with Gasteiger partial charge in [-0.05, 0) is 47.3 Å². The Morgan fingerprint density at radius 1 is 1.29 bits per heavy atom. The second-order valence-electron chi connectivity index (χ2n) is 3.93. The third-order valence-electron chi connectivity index (χ3n) is 2.37. The van der Waals surface area contributed by atoms with Crippen molar-refractivity contribution in [3.05, 3.63) is 15.4 Å². The molecule has 0 radical (unpaired) electrons. The Hall–Kier alpha value is 0.0900. The number of halogens is 1. The lowest BCUT2D eigenvalue weighted by atomic mass is 10.4. The van der Waals surface area contributed by atoms with E-state index in [-0.39, 0.29) is 0 Å². The third-order valence-corrected chi connectivity index (χ3v) is 6.86. The molecule has 0 bridgehead atoms. The van der Waals surface area contributed by atoms with Gasteiger partial charge in [-0.3, -0.25) is 0 Å². The molecule has 0 unspecified atom stereocenters. The minimum absolute atomic E-state index is 0.434. The third kappa shape index (κ3) is 3.53. The van der Waals surface area contributed by atoms with Crippen molar-refractivity contribution in [3.63, 3.8) is 0 Å². The molecule has 3 nitrogen and oxygen atoms in total. The summed E-state index contributed by atoms with van der Waals surface area (Å²) in [6.07, 6.45) is 1.68. The molecule has 0 saturated heterocycles. The summed E-state index contributed by atoms with van der Waals surface area (Å²) < 4.78 is 27.7. The zero-order valence-corrected chi connectivity index (χ0v) is 13.6. The first kappa shape index (κ1) is 15.1. The normalized spacial score (nSPS) is 12.3. The number of sulfonamides is 1. The van der Waals surface area contributed by atoms with Gasteiger partial charge in [-0.15, -0.1) is 11.3 Å². The molecule has 1 aromatic rings. The van der Waals surface area contributed by atoms with Crippen LogP contribution < -0.4 is 0 Å². The predicted molar refractivity (Wildman–Crippen MR) is 76.1 cm³/mol. The highest BCUT2D eigenvalue weighted by Gasteiger charge is 2.25. The first-order valence-corrected chi connectivity index (χ1v) is 8.74. The van der Waals surface area contributed by atoms with Gasteiger partial charge in [0.05, 0.1) is 3.79 Å². The lowest BCUT2D eigenvalue weighted by Gasteiger charge is -2.19. The Labute approximate surface area is 116 Å². The van der Waals surface area contributed by atoms with E-state index in [1.165, 1.54) is 11.3 Å². The minimum Gasteiger partial charge on any atom is -0.206 e. The molecule has 98 valence electrons. The molecule has 0 aliphatic rings. The molecule has 0 spiro atoms. The number of rotatable bonds is 6. The van der Waals surface area contributed by atoms with Gasteiger partial charge in [-0.2, -0.15) is 4.31 Å². The topological polar surface area (TPSA) is 37.4 Å². The summed E-state index contributed by atoms with van der Waals surface area (Å²) in [7, 11) is -3.31. The Kier molecular flexibility index (Phi) is 5.63. The fourth-order valence-electron chi connectivity index (χ4n) is 1.54. The van der Waals surface area contributed by atoms with E-state index in [0.717, 1.165) is 22.2 Å². The molecule has 0 amide bonds. The lowest BCUT2D eigenvalue weighted by molar-refractivity contribution is 0.411. The van der Waals surface area contributed by atoms with Crippen LogP contribution in [0.5, 0.6) is 0 Å². The molecule has 0 aliphatic heterocycles. The molecule has 1 heterocycles. The fourth-order valence-corrected chi connectivity index (χ4v) is 5.54. The van der Waals surface area contributed by atoms with Gasteiger partial charge in [0, 0.05) is 13.1 Å². The monoisotopic (exact) mass is 339 g/mol. The highest BCUT2D eigenvalue weighted by molar-refractivity contribution is 9.11. The van der Waals surface area contributed by atoms with Crippen molar-refractivity contribution >= 4 is 37.3 Å². The second-order valence-corrected chi connectivity index (χ2v) is 8.46. The summed E-state index contributed by atoms with van der Waals surface area (Å²) in [6.45, 7) is 7.07. The number of hydrogen-bond acceptors (Lipinski definition) is 3. The van der Waals surface area contributed by atoms with Gasteiger partial charge in [0.25, 0.3) is 10.0 Å². The quantitative estimate of drug-likeness (QED) is 0.793. The van der Waals surface area contributed by atoms with Crippen LogP contribution in [0.4, 0.5) is 0 Å². The summed E-state index contributed by atoms with van der Waals surface area (Å²) in [5.74, 6) is 0. The minimum atomic E-state index is -3.31. The lowest BCUT2D eigenvalue weighted by Crippen LogP contribution is -2.32. The van der Waals surface area contributed by atoms with Gasteiger partial charge >= 0.3 is 0 Å². The van der Waals surface area contributed by atoms with E-state index in [4.69, 9.17) is 0 Å². The Bertz CT molecular complexity index is 442. The van der Waals surface area contributed by atoms with Gasteiger partial charge in [-0.25, -0.2) is 8.42 Å². The summed E-state index contributed by atoms with van der Waals surface area (Å²) in [5, 5.41) is 0. The molecule has 0 fully saturated rings. The zero-order valence-electron chi connectivity index (χ0n) is 10.4. The van der Waals surface area contributed by atoms with Crippen molar-refractivity contribution in [1.82, 2.24) is 4.31 Å². The van der Waals surface area contributed by atoms with Crippen LogP contribution in [0.1, 0.15) is 32.3 Å². The second kappa shape index (κ2) is 6.31. The van der Waals surface area contributed by atoms with Crippen molar-refractivity contribution in [2.75, 3.05) is 13.1 Å². The van der Waals surface area contributed by atoms with Gasteiger partial charge in [-0.1, -0.05) is 13.8 Å². The van der Waals surface area contributed by atoms with Crippen LogP contribution in [0.2, 0.25) is 0 Å². The van der Waals surface area contributed by atoms with E-state index in [2.05, 4.69) is 15.9 Å². The Morgan fingerprint density at radius 3 is 2.18 bits per heavy atom. The molecular weight excluding hydrogens is 322 g/mol. The van der Waals surface area contributed by atoms with Crippen molar-refractivity contribution in [1.29, 1.82) is 0 Å². The molecule has 0 aliphatic carbocycles. The highest BCUT2D eigenvalue weighted by atomic mass is 79.9. The van der Waals surface area contributed by atoms with Crippen LogP contribution in [0.3, 0.4) is 0 Å². The fraction of sp³-hybridized carbons (Fsp3) is 0.636. The molecule has 0 saturated carbocycles. The first-order valence-electron chi connectivity index (χ1n) is 5.69. The molecule has 6 heteroatoms. The van der Waals surface area contributed by atoms with Gasteiger partial charge < -0.3 is 0 Å². The summed E-state index contributed by atoms with van der Waals surface area (Å²) in [5.41, 5.74) is 0.974. The summed E-state index contributed by atoms with van der Waals surface area (Å²) >= 11 is 4.66. The van der Waals surface area contributed by atoms with Crippen molar-refractivity contribution in [2.45, 2.75) is 37.8 Å². The zero-order chi connectivity index (χ0) is 13.1. The SMILES string of the molecule is CCCN(CCC)S(=O)(=O)c1cc(C)c(Br)s1. The number of hydrogen-bond donors (Lipinski definition) is 0. The molecule has 0 aromatic carbocycles. The molecule has 1 rings (SSSR count). The van der Waals surface area contributed by atoms with E-state index in [1.54, 1.807) is 10.4 Å². The van der Waals surface area contributed by atoms with E-state index in [1.807, 2.05) is 20.8 Å². The van der Waals surface area contributed by atoms with E-state index in [0.29, 0.717) is 17.3 Å². The molecule has 17 heavy (non-hydrogen) atoms. The highest BCUT2D eigenvalue weighted by Crippen LogP contribution is 2.32. The smallest absolute Gasteiger partial charge is 0.206 e. The maximum Gasteiger partial charge on any atom is 0.252 e. The van der Waals surface area contributed by atoms with Crippen LogP contribution in [-0.2, 0) is 10.0 Å². The van der Waals surface area contributed by atoms with Crippen molar-refractivity contribution < 1.29 is 8.42 Å². The van der Waals surface area contributed by atoms with Gasteiger partial charge in [0.1, 0.15) is 4.21 Å². The average molecular weight is 340 g/mol. The van der Waals surface area contributed by atoms with E-state index in [9.17, 15) is 8.42 Å². The van der Waals surface area contributed by atoms with E-state index < -0.39 is 10.0 Å². The Balaban J connectivity index is 3.06. The first-order chi connectivity index (χ1) is 7.93. The molecule has 0 N–H and O–H groups in total. The number of thiophene rings is 1. The number of nitrogens with zero attached hydrogens (tertiary/aromatic N) is 1. The van der Waals surface area contributed by atoms with Gasteiger partial charge in [0.15, 0.2) is 0 Å². The van der Waals surface area contributed by atoms with E-state index >= 15 is 0 Å². The van der Waals surface area contributed by atoms with Crippen LogP contribution >= 0.6 is 27.3 Å². The average Bonchev–Trinajstić information content (AvgIpc) is 2.59. The van der Waals surface area contributed by atoms with Crippen LogP contribution in [0.25, 0.3) is 0 Å². The van der Waals surface area contributed by atoms with Gasteiger partial charge in [0.2, 0.25) is 0 Å². The Morgan fingerprint density at radius 2 is 1.82 bits per heavy atom. The van der Waals surface area contributed by atoms with Crippen LogP contribution in [0, 0.1) is 6.92 Å².